The second-order valence-corrected chi connectivity index (χ2v) is 6.03. The zero-order valence-corrected chi connectivity index (χ0v) is 14.7. The van der Waals surface area contributed by atoms with Gasteiger partial charge in [0, 0.05) is 16.6 Å². The summed E-state index contributed by atoms with van der Waals surface area (Å²) < 4.78 is 6.07. The van der Waals surface area contributed by atoms with Crippen molar-refractivity contribution in [3.63, 3.8) is 0 Å². The number of benzene rings is 2. The number of halogens is 1. The SMILES string of the molecule is CCN(Cc1nc(-c2ccccc2)no1)C(=O)c1ccccc1Br. The average molecular weight is 386 g/mol. The Kier molecular flexibility index (Phi) is 5.05. The van der Waals surface area contributed by atoms with Gasteiger partial charge in [0.25, 0.3) is 5.91 Å². The van der Waals surface area contributed by atoms with Crippen LogP contribution in [0, 0.1) is 0 Å². The highest BCUT2D eigenvalue weighted by molar-refractivity contribution is 9.10. The minimum atomic E-state index is -0.0792. The molecule has 5 nitrogen and oxygen atoms in total. The largest absolute Gasteiger partial charge is 0.337 e. The van der Waals surface area contributed by atoms with Gasteiger partial charge in [-0.3, -0.25) is 4.79 Å². The lowest BCUT2D eigenvalue weighted by atomic mass is 10.2. The maximum Gasteiger partial charge on any atom is 0.255 e. The van der Waals surface area contributed by atoms with Crippen molar-refractivity contribution in [3.05, 3.63) is 70.5 Å². The molecule has 1 amide bonds. The van der Waals surface area contributed by atoms with Crippen LogP contribution in [0.5, 0.6) is 0 Å². The van der Waals surface area contributed by atoms with Crippen molar-refractivity contribution in [2.24, 2.45) is 0 Å². The zero-order valence-electron chi connectivity index (χ0n) is 13.1. The van der Waals surface area contributed by atoms with Gasteiger partial charge in [0.15, 0.2) is 0 Å². The fourth-order valence-corrected chi connectivity index (χ4v) is 2.77. The predicted octanol–water partition coefficient (Wildman–Crippen LogP) is 4.16. The molecule has 3 rings (SSSR count). The Balaban J connectivity index is 1.78. The molecule has 0 aliphatic rings. The Bertz CT molecular complexity index is 833. The van der Waals surface area contributed by atoms with Crippen LogP contribution < -0.4 is 0 Å². The standard InChI is InChI=1S/C18H16BrN3O2/c1-2-22(18(23)14-10-6-7-11-15(14)19)12-16-20-17(21-24-16)13-8-4-3-5-9-13/h3-11H,2,12H2,1H3. The molecule has 1 heterocycles. The van der Waals surface area contributed by atoms with E-state index < -0.39 is 0 Å². The van der Waals surface area contributed by atoms with Gasteiger partial charge in [-0.2, -0.15) is 4.98 Å². The highest BCUT2D eigenvalue weighted by Crippen LogP contribution is 2.20. The van der Waals surface area contributed by atoms with E-state index in [0.29, 0.717) is 23.8 Å². The van der Waals surface area contributed by atoms with Crippen molar-refractivity contribution in [3.8, 4) is 11.4 Å². The Hall–Kier alpha value is -2.47. The fraction of sp³-hybridized carbons (Fsp3) is 0.167. The molecular weight excluding hydrogens is 370 g/mol. The molecule has 0 saturated heterocycles. The molecule has 0 radical (unpaired) electrons. The third kappa shape index (κ3) is 3.54. The number of hydrogen-bond donors (Lipinski definition) is 0. The molecule has 0 aliphatic carbocycles. The zero-order chi connectivity index (χ0) is 16.9. The molecule has 0 spiro atoms. The fourth-order valence-electron chi connectivity index (χ4n) is 2.32. The predicted molar refractivity (Wildman–Crippen MR) is 94.3 cm³/mol. The molecule has 24 heavy (non-hydrogen) atoms. The summed E-state index contributed by atoms with van der Waals surface area (Å²) in [5, 5.41) is 3.99. The first-order valence-electron chi connectivity index (χ1n) is 7.61. The van der Waals surface area contributed by atoms with Gasteiger partial charge in [-0.05, 0) is 35.0 Å². The Morgan fingerprint density at radius 1 is 1.12 bits per heavy atom. The molecule has 0 saturated carbocycles. The van der Waals surface area contributed by atoms with E-state index >= 15 is 0 Å². The third-order valence-corrected chi connectivity index (χ3v) is 4.29. The van der Waals surface area contributed by atoms with E-state index in [4.69, 9.17) is 4.52 Å². The van der Waals surface area contributed by atoms with E-state index in [1.165, 1.54) is 0 Å². The van der Waals surface area contributed by atoms with Crippen molar-refractivity contribution in [2.75, 3.05) is 6.54 Å². The van der Waals surface area contributed by atoms with Gasteiger partial charge in [0.05, 0.1) is 5.56 Å². The van der Waals surface area contributed by atoms with Crippen LogP contribution in [0.1, 0.15) is 23.2 Å². The van der Waals surface area contributed by atoms with Crippen LogP contribution in [0.2, 0.25) is 0 Å². The molecule has 122 valence electrons. The van der Waals surface area contributed by atoms with Crippen LogP contribution in [-0.4, -0.2) is 27.5 Å². The number of carbonyl (C=O) groups is 1. The number of carbonyl (C=O) groups excluding carboxylic acids is 1. The second-order valence-electron chi connectivity index (χ2n) is 5.18. The lowest BCUT2D eigenvalue weighted by Gasteiger charge is -2.19. The highest BCUT2D eigenvalue weighted by atomic mass is 79.9. The lowest BCUT2D eigenvalue weighted by molar-refractivity contribution is 0.0733. The van der Waals surface area contributed by atoms with Crippen LogP contribution in [-0.2, 0) is 6.54 Å². The van der Waals surface area contributed by atoms with E-state index in [2.05, 4.69) is 26.1 Å². The Morgan fingerprint density at radius 2 is 1.83 bits per heavy atom. The maximum atomic E-state index is 12.7. The van der Waals surface area contributed by atoms with Gasteiger partial charge in [0.2, 0.25) is 11.7 Å². The molecule has 0 bridgehead atoms. The smallest absolute Gasteiger partial charge is 0.255 e. The molecule has 0 N–H and O–H groups in total. The summed E-state index contributed by atoms with van der Waals surface area (Å²) in [5.74, 6) is 0.857. The highest BCUT2D eigenvalue weighted by Gasteiger charge is 2.19. The summed E-state index contributed by atoms with van der Waals surface area (Å²) >= 11 is 3.42. The van der Waals surface area contributed by atoms with E-state index in [1.54, 1.807) is 11.0 Å². The lowest BCUT2D eigenvalue weighted by Crippen LogP contribution is -2.30. The number of amides is 1. The molecule has 1 aromatic heterocycles. The van der Waals surface area contributed by atoms with E-state index in [9.17, 15) is 4.79 Å². The van der Waals surface area contributed by atoms with Crippen molar-refractivity contribution in [2.45, 2.75) is 13.5 Å². The first-order valence-corrected chi connectivity index (χ1v) is 8.40. The van der Waals surface area contributed by atoms with Gasteiger partial charge in [-0.15, -0.1) is 0 Å². The number of nitrogens with zero attached hydrogens (tertiary/aromatic N) is 3. The van der Waals surface area contributed by atoms with Gasteiger partial charge in [-0.25, -0.2) is 0 Å². The monoisotopic (exact) mass is 385 g/mol. The summed E-state index contributed by atoms with van der Waals surface area (Å²) in [6.45, 7) is 2.74. The van der Waals surface area contributed by atoms with Gasteiger partial charge in [-0.1, -0.05) is 47.6 Å². The first kappa shape index (κ1) is 16.4. The number of hydrogen-bond acceptors (Lipinski definition) is 4. The second kappa shape index (κ2) is 7.40. The van der Waals surface area contributed by atoms with Crippen molar-refractivity contribution < 1.29 is 9.32 Å². The van der Waals surface area contributed by atoms with Crippen LogP contribution in [0.4, 0.5) is 0 Å². The maximum absolute atomic E-state index is 12.7. The van der Waals surface area contributed by atoms with Crippen LogP contribution >= 0.6 is 15.9 Å². The minimum absolute atomic E-state index is 0.0792. The molecule has 6 heteroatoms. The number of rotatable bonds is 5. The molecule has 0 fully saturated rings. The van der Waals surface area contributed by atoms with Gasteiger partial charge >= 0.3 is 0 Å². The molecular formula is C18H16BrN3O2. The Labute approximate surface area is 148 Å². The minimum Gasteiger partial charge on any atom is -0.337 e. The summed E-state index contributed by atoms with van der Waals surface area (Å²) in [5.41, 5.74) is 1.50. The summed E-state index contributed by atoms with van der Waals surface area (Å²) in [4.78, 5) is 18.7. The topological polar surface area (TPSA) is 59.2 Å². The summed E-state index contributed by atoms with van der Waals surface area (Å²) in [7, 11) is 0. The van der Waals surface area contributed by atoms with Crippen LogP contribution in [0.3, 0.4) is 0 Å². The van der Waals surface area contributed by atoms with Crippen molar-refractivity contribution >= 4 is 21.8 Å². The summed E-state index contributed by atoms with van der Waals surface area (Å²) in [6, 6.07) is 16.9. The third-order valence-electron chi connectivity index (χ3n) is 3.60. The quantitative estimate of drug-likeness (QED) is 0.661. The molecule has 0 aliphatic heterocycles. The van der Waals surface area contributed by atoms with Crippen molar-refractivity contribution in [1.82, 2.24) is 15.0 Å². The first-order chi connectivity index (χ1) is 11.7. The average Bonchev–Trinajstić information content (AvgIpc) is 3.09. The van der Waals surface area contributed by atoms with E-state index in [1.807, 2.05) is 55.5 Å². The molecule has 0 atom stereocenters. The van der Waals surface area contributed by atoms with Crippen LogP contribution in [0.25, 0.3) is 11.4 Å². The van der Waals surface area contributed by atoms with Gasteiger partial charge in [0.1, 0.15) is 6.54 Å². The molecule has 0 unspecified atom stereocenters. The van der Waals surface area contributed by atoms with E-state index in [-0.39, 0.29) is 12.5 Å². The van der Waals surface area contributed by atoms with E-state index in [0.717, 1.165) is 10.0 Å². The normalized spacial score (nSPS) is 10.6. The Morgan fingerprint density at radius 3 is 2.54 bits per heavy atom. The van der Waals surface area contributed by atoms with Crippen molar-refractivity contribution in [1.29, 1.82) is 0 Å². The van der Waals surface area contributed by atoms with Gasteiger partial charge < -0.3 is 9.42 Å². The molecule has 3 aromatic rings. The number of aromatic nitrogens is 2. The van der Waals surface area contributed by atoms with Crippen LogP contribution in [0.15, 0.2) is 63.6 Å². The summed E-state index contributed by atoms with van der Waals surface area (Å²) in [6.07, 6.45) is 0. The molecule has 2 aromatic carbocycles.